The molecule has 1 aliphatic heterocycles. The summed E-state index contributed by atoms with van der Waals surface area (Å²) >= 11 is 0. The average Bonchev–Trinajstić information content (AvgIpc) is 2.73. The Labute approximate surface area is 180 Å². The standard InChI is InChI=1S/C24H36N2O4/c1-24(2,3)30-23(28)26-15-13-25(14-16-26)22(27)20-10-7-11-21(18-20)29-17-12-19-8-5-4-6-9-19/h7,10-11,18-19H,4-6,8-9,12-17H2,1-3H3. The maximum absolute atomic E-state index is 12.9. The van der Waals surface area contributed by atoms with Crippen molar-refractivity contribution in [3.63, 3.8) is 0 Å². The van der Waals surface area contributed by atoms with E-state index in [1.165, 1.54) is 32.1 Å². The Bertz CT molecular complexity index is 714. The summed E-state index contributed by atoms with van der Waals surface area (Å²) in [6, 6.07) is 7.46. The fourth-order valence-corrected chi connectivity index (χ4v) is 4.14. The highest BCUT2D eigenvalue weighted by molar-refractivity contribution is 5.94. The van der Waals surface area contributed by atoms with E-state index in [2.05, 4.69) is 0 Å². The van der Waals surface area contributed by atoms with Crippen molar-refractivity contribution in [1.82, 2.24) is 9.80 Å². The lowest BCUT2D eigenvalue weighted by Crippen LogP contribution is -2.51. The summed E-state index contributed by atoms with van der Waals surface area (Å²) in [6.07, 6.45) is 7.46. The minimum atomic E-state index is -0.512. The molecular formula is C24H36N2O4. The van der Waals surface area contributed by atoms with Crippen LogP contribution in [0.2, 0.25) is 0 Å². The molecule has 1 saturated carbocycles. The predicted octanol–water partition coefficient (Wildman–Crippen LogP) is 4.73. The Morgan fingerprint density at radius 2 is 1.67 bits per heavy atom. The van der Waals surface area contributed by atoms with E-state index in [-0.39, 0.29) is 12.0 Å². The molecule has 1 heterocycles. The molecule has 2 amide bonds. The minimum absolute atomic E-state index is 0.0171. The van der Waals surface area contributed by atoms with Gasteiger partial charge in [0.1, 0.15) is 11.4 Å². The van der Waals surface area contributed by atoms with Gasteiger partial charge in [-0.25, -0.2) is 4.79 Å². The van der Waals surface area contributed by atoms with Gasteiger partial charge in [0.15, 0.2) is 0 Å². The number of amides is 2. The van der Waals surface area contributed by atoms with Crippen LogP contribution in [0.5, 0.6) is 5.75 Å². The van der Waals surface area contributed by atoms with Gasteiger partial charge in [0.2, 0.25) is 0 Å². The first-order chi connectivity index (χ1) is 14.3. The first-order valence-electron chi connectivity index (χ1n) is 11.3. The van der Waals surface area contributed by atoms with E-state index in [4.69, 9.17) is 9.47 Å². The van der Waals surface area contributed by atoms with E-state index in [1.807, 2.05) is 45.0 Å². The summed E-state index contributed by atoms with van der Waals surface area (Å²) < 4.78 is 11.4. The zero-order valence-corrected chi connectivity index (χ0v) is 18.7. The lowest BCUT2D eigenvalue weighted by molar-refractivity contribution is 0.0141. The van der Waals surface area contributed by atoms with Crippen LogP contribution in [0, 0.1) is 5.92 Å². The molecule has 0 atom stereocenters. The Kier molecular flexibility index (Phi) is 7.62. The van der Waals surface area contributed by atoms with Crippen molar-refractivity contribution in [2.75, 3.05) is 32.8 Å². The van der Waals surface area contributed by atoms with Crippen molar-refractivity contribution in [3.05, 3.63) is 29.8 Å². The summed E-state index contributed by atoms with van der Waals surface area (Å²) in [5.41, 5.74) is 0.123. The maximum atomic E-state index is 12.9. The third-order valence-corrected chi connectivity index (χ3v) is 5.82. The normalized spacial score (nSPS) is 18.2. The van der Waals surface area contributed by atoms with Crippen LogP contribution in [0.15, 0.2) is 24.3 Å². The van der Waals surface area contributed by atoms with Crippen LogP contribution in [0.1, 0.15) is 69.7 Å². The Morgan fingerprint density at radius 3 is 2.33 bits per heavy atom. The van der Waals surface area contributed by atoms with Crippen molar-refractivity contribution in [1.29, 1.82) is 0 Å². The molecular weight excluding hydrogens is 380 g/mol. The molecule has 0 spiro atoms. The molecule has 3 rings (SSSR count). The highest BCUT2D eigenvalue weighted by atomic mass is 16.6. The number of carbonyl (C=O) groups excluding carboxylic acids is 2. The molecule has 0 aromatic heterocycles. The van der Waals surface area contributed by atoms with Gasteiger partial charge in [-0.2, -0.15) is 0 Å². The molecule has 6 nitrogen and oxygen atoms in total. The van der Waals surface area contributed by atoms with Crippen LogP contribution >= 0.6 is 0 Å². The van der Waals surface area contributed by atoms with Crippen molar-refractivity contribution in [2.45, 2.75) is 64.9 Å². The van der Waals surface area contributed by atoms with E-state index >= 15 is 0 Å². The van der Waals surface area contributed by atoms with Crippen LogP contribution in [0.4, 0.5) is 4.79 Å². The van der Waals surface area contributed by atoms with Gasteiger partial charge >= 0.3 is 6.09 Å². The average molecular weight is 417 g/mol. The number of benzene rings is 1. The van der Waals surface area contributed by atoms with Gasteiger partial charge < -0.3 is 19.3 Å². The molecule has 0 bridgehead atoms. The van der Waals surface area contributed by atoms with Crippen LogP contribution in [0.3, 0.4) is 0 Å². The van der Waals surface area contributed by atoms with E-state index < -0.39 is 5.60 Å². The monoisotopic (exact) mass is 416 g/mol. The zero-order valence-electron chi connectivity index (χ0n) is 18.7. The summed E-state index contributed by atoms with van der Waals surface area (Å²) in [5, 5.41) is 0. The molecule has 6 heteroatoms. The van der Waals surface area contributed by atoms with Crippen LogP contribution in [0.25, 0.3) is 0 Å². The molecule has 2 aliphatic rings. The molecule has 30 heavy (non-hydrogen) atoms. The maximum Gasteiger partial charge on any atom is 0.410 e. The lowest BCUT2D eigenvalue weighted by Gasteiger charge is -2.35. The smallest absolute Gasteiger partial charge is 0.410 e. The Hall–Kier alpha value is -2.24. The Morgan fingerprint density at radius 1 is 1.00 bits per heavy atom. The van der Waals surface area contributed by atoms with Crippen molar-refractivity contribution >= 4 is 12.0 Å². The molecule has 166 valence electrons. The quantitative estimate of drug-likeness (QED) is 0.696. The van der Waals surface area contributed by atoms with E-state index in [1.54, 1.807) is 9.80 Å². The van der Waals surface area contributed by atoms with Gasteiger partial charge in [-0.15, -0.1) is 0 Å². The largest absolute Gasteiger partial charge is 0.494 e. The number of rotatable bonds is 5. The second-order valence-electron chi connectivity index (χ2n) is 9.43. The molecule has 2 fully saturated rings. The number of piperazine rings is 1. The fraction of sp³-hybridized carbons (Fsp3) is 0.667. The van der Waals surface area contributed by atoms with Gasteiger partial charge in [-0.1, -0.05) is 38.2 Å². The highest BCUT2D eigenvalue weighted by Gasteiger charge is 2.28. The van der Waals surface area contributed by atoms with Gasteiger partial charge in [-0.3, -0.25) is 4.79 Å². The van der Waals surface area contributed by atoms with Crippen molar-refractivity contribution < 1.29 is 19.1 Å². The zero-order chi connectivity index (χ0) is 21.6. The van der Waals surface area contributed by atoms with E-state index in [0.717, 1.165) is 18.1 Å². The Balaban J connectivity index is 1.47. The molecule has 1 saturated heterocycles. The number of ether oxygens (including phenoxy) is 2. The topological polar surface area (TPSA) is 59.1 Å². The van der Waals surface area contributed by atoms with Crippen molar-refractivity contribution in [3.8, 4) is 5.75 Å². The third-order valence-electron chi connectivity index (χ3n) is 5.82. The predicted molar refractivity (Wildman–Crippen MR) is 117 cm³/mol. The van der Waals surface area contributed by atoms with Gasteiger partial charge in [0.05, 0.1) is 6.61 Å². The molecule has 0 radical (unpaired) electrons. The summed E-state index contributed by atoms with van der Waals surface area (Å²) in [4.78, 5) is 28.6. The van der Waals surface area contributed by atoms with Gasteiger partial charge in [0.25, 0.3) is 5.91 Å². The second-order valence-corrected chi connectivity index (χ2v) is 9.43. The first-order valence-corrected chi connectivity index (χ1v) is 11.3. The number of hydrogen-bond donors (Lipinski definition) is 0. The molecule has 0 N–H and O–H groups in total. The summed E-state index contributed by atoms with van der Waals surface area (Å²) in [7, 11) is 0. The van der Waals surface area contributed by atoms with Gasteiger partial charge in [-0.05, 0) is 51.3 Å². The highest BCUT2D eigenvalue weighted by Crippen LogP contribution is 2.26. The van der Waals surface area contributed by atoms with Crippen molar-refractivity contribution in [2.24, 2.45) is 5.92 Å². The minimum Gasteiger partial charge on any atom is -0.494 e. The van der Waals surface area contributed by atoms with Crippen LogP contribution < -0.4 is 4.74 Å². The molecule has 0 unspecified atom stereocenters. The third kappa shape index (κ3) is 6.64. The second kappa shape index (κ2) is 10.2. The molecule has 1 aromatic rings. The molecule has 1 aliphatic carbocycles. The SMILES string of the molecule is CC(C)(C)OC(=O)N1CCN(C(=O)c2cccc(OCCC3CCCCC3)c2)CC1. The lowest BCUT2D eigenvalue weighted by atomic mass is 9.87. The number of carbonyl (C=O) groups is 2. The van der Waals surface area contributed by atoms with Gasteiger partial charge in [0, 0.05) is 31.7 Å². The van der Waals surface area contributed by atoms with Crippen LogP contribution in [-0.4, -0.2) is 60.2 Å². The number of hydrogen-bond acceptors (Lipinski definition) is 4. The first kappa shape index (κ1) is 22.4. The van der Waals surface area contributed by atoms with E-state index in [0.29, 0.717) is 38.3 Å². The molecule has 1 aromatic carbocycles. The van der Waals surface area contributed by atoms with Crippen LogP contribution in [-0.2, 0) is 4.74 Å². The summed E-state index contributed by atoms with van der Waals surface area (Å²) in [5.74, 6) is 1.52. The van der Waals surface area contributed by atoms with E-state index in [9.17, 15) is 9.59 Å². The fourth-order valence-electron chi connectivity index (χ4n) is 4.14. The summed E-state index contributed by atoms with van der Waals surface area (Å²) in [6.45, 7) is 8.25. The number of nitrogens with zero attached hydrogens (tertiary/aromatic N) is 2.